The molecule has 660 valence electrons. The SMILES string of the molecule is CC1(C)c2ccccc2-c2cc3c(cc21)c1ccc(-c2ccc(-c4ccccc4)cc2)cc1n3-c1nc(-c2ccccc2)c2ccccc2n1.c1ccc(-c2nc(-n3c4ccccc4c4c5oc6c(-c7ccccc7)cccc6c5ccc43)nc3ccccc23)cc1.c1ccc(-n2c3ccccc3c3ccc(-c4cc(-n5c6ccccc6c6c7sc8ccccc8c7ccc65)nc5ccccc45)cc32)cc1. The molecular weight excluding hydrogens is 1740 g/mol. The minimum Gasteiger partial charge on any atom is -0.455 e. The van der Waals surface area contributed by atoms with Crippen LogP contribution >= 0.6 is 11.3 Å². The molecule has 11 heteroatoms. The van der Waals surface area contributed by atoms with E-state index in [2.05, 4.69) is 463 Å². The van der Waals surface area contributed by atoms with Crippen molar-refractivity contribution in [3.8, 4) is 102 Å². The van der Waals surface area contributed by atoms with E-state index in [1.54, 1.807) is 0 Å². The number of fused-ring (bicyclic) bond motifs is 26. The number of aromatic nitrogens is 9. The number of thiophene rings is 1. The molecule has 0 fully saturated rings. The van der Waals surface area contributed by atoms with E-state index in [0.29, 0.717) is 11.9 Å². The number of para-hydroxylation sites is 8. The first kappa shape index (κ1) is 81.1. The Kier molecular flexibility index (Phi) is 18.7. The van der Waals surface area contributed by atoms with Crippen molar-refractivity contribution in [2.75, 3.05) is 0 Å². The first-order chi connectivity index (χ1) is 69.7. The van der Waals surface area contributed by atoms with Gasteiger partial charge in [0, 0.05) is 113 Å². The molecule has 29 aromatic rings. The van der Waals surface area contributed by atoms with Crippen LogP contribution in [0.25, 0.3) is 264 Å². The molecule has 0 spiro atoms. The Labute approximate surface area is 814 Å². The van der Waals surface area contributed by atoms with Crippen LogP contribution in [0.5, 0.6) is 0 Å². The van der Waals surface area contributed by atoms with Gasteiger partial charge in [-0.2, -0.15) is 0 Å². The molecule has 9 aromatic heterocycles. The Morgan fingerprint density at radius 1 is 0.220 bits per heavy atom. The average molecular weight is 1820 g/mol. The van der Waals surface area contributed by atoms with Crippen LogP contribution in [0.3, 0.4) is 0 Å². The predicted octanol–water partition coefficient (Wildman–Crippen LogP) is 34.5. The molecule has 0 amide bonds. The fourth-order valence-corrected chi connectivity index (χ4v) is 23.7. The van der Waals surface area contributed by atoms with Crippen LogP contribution in [0.15, 0.2) is 472 Å². The highest BCUT2D eigenvalue weighted by Crippen LogP contribution is 2.53. The van der Waals surface area contributed by atoms with Crippen LogP contribution in [-0.4, -0.2) is 43.2 Å². The third-order valence-corrected chi connectivity index (χ3v) is 30.2. The number of nitrogens with zero attached hydrogens (tertiary/aromatic N) is 9. The zero-order chi connectivity index (χ0) is 93.1. The van der Waals surface area contributed by atoms with Crippen molar-refractivity contribution >= 4 is 173 Å². The third-order valence-electron chi connectivity index (χ3n) is 29.0. The summed E-state index contributed by atoms with van der Waals surface area (Å²) in [6.45, 7) is 4.69. The molecule has 0 N–H and O–H groups in total. The van der Waals surface area contributed by atoms with Crippen LogP contribution in [0.2, 0.25) is 0 Å². The molecule has 9 heterocycles. The van der Waals surface area contributed by atoms with Crippen LogP contribution in [-0.2, 0) is 5.41 Å². The van der Waals surface area contributed by atoms with Gasteiger partial charge < -0.3 is 8.98 Å². The van der Waals surface area contributed by atoms with Crippen molar-refractivity contribution < 1.29 is 4.42 Å². The summed E-state index contributed by atoms with van der Waals surface area (Å²) < 4.78 is 18.7. The minimum absolute atomic E-state index is 0.102. The highest BCUT2D eigenvalue weighted by molar-refractivity contribution is 7.26. The second-order valence-corrected chi connectivity index (χ2v) is 38.3. The van der Waals surface area contributed by atoms with Crippen molar-refractivity contribution in [3.63, 3.8) is 0 Å². The quantitative estimate of drug-likeness (QED) is 0.135. The first-order valence-corrected chi connectivity index (χ1v) is 48.8. The summed E-state index contributed by atoms with van der Waals surface area (Å²) in [6, 6.07) is 166. The zero-order valence-corrected chi connectivity index (χ0v) is 77.6. The number of rotatable bonds is 10. The topological polar surface area (TPSA) is 97.3 Å². The summed E-state index contributed by atoms with van der Waals surface area (Å²) in [6.07, 6.45) is 0. The molecule has 20 aromatic carbocycles. The van der Waals surface area contributed by atoms with Crippen molar-refractivity contribution in [2.45, 2.75) is 19.3 Å². The van der Waals surface area contributed by atoms with Crippen molar-refractivity contribution in [1.29, 1.82) is 0 Å². The maximum Gasteiger partial charge on any atom is 0.235 e. The lowest BCUT2D eigenvalue weighted by atomic mass is 9.82. The summed E-state index contributed by atoms with van der Waals surface area (Å²) in [5, 5.41) is 17.7. The second-order valence-electron chi connectivity index (χ2n) is 37.2. The Hall–Kier alpha value is -18.3. The largest absolute Gasteiger partial charge is 0.455 e. The lowest BCUT2D eigenvalue weighted by Gasteiger charge is -2.21. The molecule has 10 nitrogen and oxygen atoms in total. The number of benzene rings is 20. The summed E-state index contributed by atoms with van der Waals surface area (Å²) in [5.74, 6) is 2.23. The summed E-state index contributed by atoms with van der Waals surface area (Å²) in [7, 11) is 0. The molecule has 0 aliphatic heterocycles. The molecule has 0 saturated carbocycles. The van der Waals surface area contributed by atoms with Gasteiger partial charge in [0.25, 0.3) is 0 Å². The van der Waals surface area contributed by atoms with E-state index in [1.807, 2.05) is 47.7 Å². The second kappa shape index (κ2) is 32.5. The van der Waals surface area contributed by atoms with Crippen LogP contribution in [0.4, 0.5) is 0 Å². The van der Waals surface area contributed by atoms with Gasteiger partial charge in [-0.05, 0) is 164 Å². The highest BCUT2D eigenvalue weighted by atomic mass is 32.1. The van der Waals surface area contributed by atoms with Gasteiger partial charge in [-0.25, -0.2) is 24.9 Å². The third kappa shape index (κ3) is 13.0. The van der Waals surface area contributed by atoms with Gasteiger partial charge in [0.2, 0.25) is 11.9 Å². The van der Waals surface area contributed by atoms with Crippen LogP contribution in [0, 0.1) is 0 Å². The molecular formula is C130H83N9OS. The molecule has 1 aliphatic rings. The maximum atomic E-state index is 6.82. The van der Waals surface area contributed by atoms with Gasteiger partial charge in [-0.15, -0.1) is 11.3 Å². The number of pyridine rings is 1. The molecule has 141 heavy (non-hydrogen) atoms. The van der Waals surface area contributed by atoms with E-state index >= 15 is 0 Å². The molecule has 0 bridgehead atoms. The number of hydrogen-bond acceptors (Lipinski definition) is 7. The number of hydrogen-bond donors (Lipinski definition) is 0. The molecule has 30 rings (SSSR count). The average Bonchev–Trinajstić information content (AvgIpc) is 1.55. The Bertz CT molecular complexity index is 10200. The summed E-state index contributed by atoms with van der Waals surface area (Å²) in [4.78, 5) is 26.3. The first-order valence-electron chi connectivity index (χ1n) is 48.0. The number of furan rings is 1. The lowest BCUT2D eigenvalue weighted by Crippen LogP contribution is -2.14. The summed E-state index contributed by atoms with van der Waals surface area (Å²) >= 11 is 1.88. The fourth-order valence-electron chi connectivity index (χ4n) is 22.4. The van der Waals surface area contributed by atoms with Gasteiger partial charge in [0.15, 0.2) is 0 Å². The summed E-state index contributed by atoms with van der Waals surface area (Å²) in [5.41, 5.74) is 33.2. The predicted molar refractivity (Wildman–Crippen MR) is 589 cm³/mol. The van der Waals surface area contributed by atoms with Gasteiger partial charge >= 0.3 is 0 Å². The van der Waals surface area contributed by atoms with Gasteiger partial charge in [0.1, 0.15) is 17.0 Å². The van der Waals surface area contributed by atoms with E-state index in [-0.39, 0.29) is 5.41 Å². The molecule has 0 unspecified atom stereocenters. The van der Waals surface area contributed by atoms with E-state index in [1.165, 1.54) is 119 Å². The van der Waals surface area contributed by atoms with E-state index < -0.39 is 0 Å². The Morgan fingerprint density at radius 2 is 0.645 bits per heavy atom. The lowest BCUT2D eigenvalue weighted by molar-refractivity contribution is 0.661. The molecule has 0 radical (unpaired) electrons. The zero-order valence-electron chi connectivity index (χ0n) is 76.8. The van der Waals surface area contributed by atoms with Crippen LogP contribution < -0.4 is 0 Å². The molecule has 1 aliphatic carbocycles. The highest BCUT2D eigenvalue weighted by Gasteiger charge is 2.37. The Morgan fingerprint density at radius 3 is 1.30 bits per heavy atom. The van der Waals surface area contributed by atoms with Gasteiger partial charge in [-0.3, -0.25) is 13.7 Å². The van der Waals surface area contributed by atoms with Crippen molar-refractivity contribution in [3.05, 3.63) is 478 Å². The van der Waals surface area contributed by atoms with E-state index in [0.717, 1.165) is 144 Å². The smallest absolute Gasteiger partial charge is 0.235 e. The standard InChI is InChI=1S/C47H33N3.C45H27N3S.C38H23N3O/c1-47(2)40-19-11-9-17-35(40)38-29-44-39(28-41(38)47)36-26-25-34(32-23-21-31(22-24-32)30-13-5-3-6-14-30)27-43(36)50(44)46-48-42-20-12-10-18-37(42)45(49-46)33-15-7-4-8-16-33;1-2-12-29(13-3-1)47-38-19-9-5-15-31(38)32-23-22-28(26-41(32)47)36-27-43(46-37-18-8-4-14-30(36)37)48-39-20-10-6-17-35(39)44-40(48)25-24-34-33-16-7-11-21-42(33)49-45(34)44;1-3-12-24(13-4-1)26-18-11-19-27-28-22-23-33-34(37(28)42-36(26)27)30-17-8-10-21-32(30)41(33)38-39-31-20-9-7-16-29(31)35(40-38)25-14-5-2-6-15-25/h3-29H,1-2H3;1-27H;1-23H. The minimum atomic E-state index is -0.102. The maximum absolute atomic E-state index is 6.82. The van der Waals surface area contributed by atoms with Gasteiger partial charge in [0.05, 0.1) is 77.5 Å². The Balaban J connectivity index is 0.000000104. The monoisotopic (exact) mass is 1820 g/mol. The van der Waals surface area contributed by atoms with E-state index in [9.17, 15) is 0 Å². The normalized spacial score (nSPS) is 12.4. The van der Waals surface area contributed by atoms with Gasteiger partial charge in [-0.1, -0.05) is 378 Å². The van der Waals surface area contributed by atoms with Crippen molar-refractivity contribution in [1.82, 2.24) is 43.2 Å². The van der Waals surface area contributed by atoms with Crippen molar-refractivity contribution in [2.24, 2.45) is 0 Å². The van der Waals surface area contributed by atoms with Crippen LogP contribution in [0.1, 0.15) is 25.0 Å². The molecule has 0 saturated heterocycles. The molecule has 0 atom stereocenters. The van der Waals surface area contributed by atoms with E-state index in [4.69, 9.17) is 29.3 Å². The fraction of sp³-hybridized carbons (Fsp3) is 0.0231.